The van der Waals surface area contributed by atoms with Crippen LogP contribution in [0.5, 0.6) is 0 Å². The lowest BCUT2D eigenvalue weighted by Crippen LogP contribution is -2.43. The Balaban J connectivity index is 1.51. The molecule has 100 valence electrons. The Hall–Kier alpha value is -0.570. The summed E-state index contributed by atoms with van der Waals surface area (Å²) in [6.45, 7) is 2.13. The summed E-state index contributed by atoms with van der Waals surface area (Å²) in [5.74, 6) is 2.49. The van der Waals surface area contributed by atoms with E-state index in [1.54, 1.807) is 0 Å². The van der Waals surface area contributed by atoms with E-state index in [9.17, 15) is 4.79 Å². The molecule has 18 heavy (non-hydrogen) atoms. The van der Waals surface area contributed by atoms with E-state index in [1.165, 1.54) is 44.9 Å². The highest BCUT2D eigenvalue weighted by molar-refractivity contribution is 5.83. The highest BCUT2D eigenvalue weighted by Crippen LogP contribution is 2.56. The molecule has 0 radical (unpaired) electrons. The van der Waals surface area contributed by atoms with Gasteiger partial charge in [0.2, 0.25) is 5.91 Å². The van der Waals surface area contributed by atoms with Gasteiger partial charge in [0.15, 0.2) is 0 Å². The van der Waals surface area contributed by atoms with Crippen molar-refractivity contribution in [2.45, 2.75) is 57.0 Å². The largest absolute Gasteiger partial charge is 0.335 e. The number of carbonyl (C=O) groups excluding carboxylic acids is 1. The van der Waals surface area contributed by atoms with Crippen LogP contribution in [0.2, 0.25) is 0 Å². The molecule has 2 saturated carbocycles. The number of fused-ring (bicyclic) bond motifs is 3. The van der Waals surface area contributed by atoms with E-state index in [-0.39, 0.29) is 0 Å². The van der Waals surface area contributed by atoms with Crippen LogP contribution in [0, 0.1) is 17.8 Å². The summed E-state index contributed by atoms with van der Waals surface area (Å²) in [5, 5.41) is 3.49. The Bertz CT molecular complexity index is 330. The van der Waals surface area contributed by atoms with Crippen LogP contribution in [0.4, 0.5) is 0 Å². The first-order chi connectivity index (χ1) is 8.86. The predicted molar refractivity (Wildman–Crippen MR) is 70.1 cm³/mol. The second-order valence-electron chi connectivity index (χ2n) is 6.76. The summed E-state index contributed by atoms with van der Waals surface area (Å²) >= 11 is 0. The summed E-state index contributed by atoms with van der Waals surface area (Å²) < 4.78 is 0. The van der Waals surface area contributed by atoms with Gasteiger partial charge in [0.1, 0.15) is 0 Å². The minimum Gasteiger partial charge on any atom is -0.335 e. The fourth-order valence-electron chi connectivity index (χ4n) is 4.87. The Morgan fingerprint density at radius 1 is 0.944 bits per heavy atom. The van der Waals surface area contributed by atoms with E-state index < -0.39 is 0 Å². The number of nitrogens with zero attached hydrogens (tertiary/aromatic N) is 1. The van der Waals surface area contributed by atoms with Crippen LogP contribution in [0.3, 0.4) is 0 Å². The topological polar surface area (TPSA) is 32.3 Å². The van der Waals surface area contributed by atoms with Gasteiger partial charge in [0.05, 0.1) is 0 Å². The number of hydrogen-bond donors (Lipinski definition) is 1. The number of carbonyl (C=O) groups is 1. The highest BCUT2D eigenvalue weighted by atomic mass is 16.2. The normalized spacial score (nSPS) is 46.4. The monoisotopic (exact) mass is 248 g/mol. The molecule has 3 nitrogen and oxygen atoms in total. The number of rotatable bonds is 1. The third-order valence-corrected chi connectivity index (χ3v) is 5.85. The zero-order chi connectivity index (χ0) is 12.1. The Labute approximate surface area is 109 Å². The van der Waals surface area contributed by atoms with E-state index in [0.717, 1.165) is 24.9 Å². The van der Waals surface area contributed by atoms with Gasteiger partial charge in [0, 0.05) is 24.5 Å². The lowest BCUT2D eigenvalue weighted by molar-refractivity contribution is -0.135. The number of nitrogens with one attached hydrogen (secondary N) is 1. The van der Waals surface area contributed by atoms with Crippen molar-refractivity contribution in [1.82, 2.24) is 10.2 Å². The average Bonchev–Trinajstić information content (AvgIpc) is 3.01. The Kier molecular flexibility index (Phi) is 2.65. The van der Waals surface area contributed by atoms with Gasteiger partial charge in [-0.15, -0.1) is 0 Å². The zero-order valence-corrected chi connectivity index (χ0v) is 11.1. The van der Waals surface area contributed by atoms with Crippen molar-refractivity contribution in [3.8, 4) is 0 Å². The van der Waals surface area contributed by atoms with Crippen LogP contribution in [0.15, 0.2) is 0 Å². The second kappa shape index (κ2) is 4.22. The molecular weight excluding hydrogens is 224 g/mol. The average molecular weight is 248 g/mol. The molecule has 2 saturated heterocycles. The SMILES string of the molecule is O=C(C1C2CCCCC21)N1C2CCNCC1CC2. The maximum Gasteiger partial charge on any atom is 0.226 e. The van der Waals surface area contributed by atoms with Crippen LogP contribution in [0.25, 0.3) is 0 Å². The quantitative estimate of drug-likeness (QED) is 0.767. The highest BCUT2D eigenvalue weighted by Gasteiger charge is 2.57. The molecule has 4 fully saturated rings. The van der Waals surface area contributed by atoms with Crippen molar-refractivity contribution in [3.63, 3.8) is 0 Å². The zero-order valence-electron chi connectivity index (χ0n) is 11.1. The van der Waals surface area contributed by atoms with Crippen LogP contribution in [-0.4, -0.2) is 36.0 Å². The molecule has 3 heteroatoms. The van der Waals surface area contributed by atoms with Crippen molar-refractivity contribution in [3.05, 3.63) is 0 Å². The molecular formula is C15H24N2O. The molecule has 0 aromatic heterocycles. The first kappa shape index (κ1) is 11.3. The van der Waals surface area contributed by atoms with E-state index in [2.05, 4.69) is 10.2 Å². The molecule has 0 spiro atoms. The van der Waals surface area contributed by atoms with Crippen LogP contribution in [-0.2, 0) is 4.79 Å². The molecule has 2 bridgehead atoms. The van der Waals surface area contributed by atoms with E-state index in [0.29, 0.717) is 23.9 Å². The number of amides is 1. The molecule has 0 aromatic rings. The lowest BCUT2D eigenvalue weighted by Gasteiger charge is -2.28. The maximum absolute atomic E-state index is 12.8. The Morgan fingerprint density at radius 3 is 2.44 bits per heavy atom. The third-order valence-electron chi connectivity index (χ3n) is 5.85. The molecule has 0 aromatic carbocycles. The molecule has 4 atom stereocenters. The van der Waals surface area contributed by atoms with Crippen LogP contribution in [0.1, 0.15) is 44.9 Å². The predicted octanol–water partition coefficient (Wildman–Crippen LogP) is 1.78. The van der Waals surface area contributed by atoms with Gasteiger partial charge in [0.25, 0.3) is 0 Å². The number of hydrogen-bond acceptors (Lipinski definition) is 2. The molecule has 2 aliphatic heterocycles. The molecule has 4 rings (SSSR count). The second-order valence-corrected chi connectivity index (χ2v) is 6.76. The van der Waals surface area contributed by atoms with E-state index >= 15 is 0 Å². The first-order valence-electron chi connectivity index (χ1n) is 7.89. The van der Waals surface area contributed by atoms with E-state index in [1.807, 2.05) is 0 Å². The van der Waals surface area contributed by atoms with Gasteiger partial charge in [-0.25, -0.2) is 0 Å². The molecule has 2 heterocycles. The van der Waals surface area contributed by atoms with Gasteiger partial charge in [-0.2, -0.15) is 0 Å². The minimum atomic E-state index is 0.425. The van der Waals surface area contributed by atoms with Crippen LogP contribution >= 0.6 is 0 Å². The van der Waals surface area contributed by atoms with Crippen molar-refractivity contribution < 1.29 is 4.79 Å². The van der Waals surface area contributed by atoms with Gasteiger partial charge in [-0.05, 0) is 50.5 Å². The van der Waals surface area contributed by atoms with Gasteiger partial charge in [-0.3, -0.25) is 4.79 Å². The fourth-order valence-corrected chi connectivity index (χ4v) is 4.87. The molecule has 4 aliphatic rings. The molecule has 1 amide bonds. The molecule has 2 aliphatic carbocycles. The van der Waals surface area contributed by atoms with Gasteiger partial charge < -0.3 is 10.2 Å². The molecule has 4 unspecified atom stereocenters. The van der Waals surface area contributed by atoms with Crippen molar-refractivity contribution in [2.24, 2.45) is 17.8 Å². The van der Waals surface area contributed by atoms with Gasteiger partial charge >= 0.3 is 0 Å². The van der Waals surface area contributed by atoms with Crippen molar-refractivity contribution in [1.29, 1.82) is 0 Å². The standard InChI is InChI=1S/C15H24N2O/c18-15(14-12-3-1-2-4-13(12)14)17-10-5-6-11(17)9-16-8-7-10/h10-14,16H,1-9H2. The summed E-state index contributed by atoms with van der Waals surface area (Å²) in [6, 6.07) is 1.06. The van der Waals surface area contributed by atoms with Crippen LogP contribution < -0.4 is 5.32 Å². The van der Waals surface area contributed by atoms with E-state index in [4.69, 9.17) is 0 Å². The summed E-state index contributed by atoms with van der Waals surface area (Å²) in [5.41, 5.74) is 0. The first-order valence-corrected chi connectivity index (χ1v) is 7.89. The minimum absolute atomic E-state index is 0.425. The third kappa shape index (κ3) is 1.63. The van der Waals surface area contributed by atoms with Crippen molar-refractivity contribution in [2.75, 3.05) is 13.1 Å². The van der Waals surface area contributed by atoms with Crippen molar-refractivity contribution >= 4 is 5.91 Å². The Morgan fingerprint density at radius 2 is 1.67 bits per heavy atom. The maximum atomic E-state index is 12.8. The lowest BCUT2D eigenvalue weighted by atomic mass is 10.0. The fraction of sp³-hybridized carbons (Fsp3) is 0.933. The molecule has 1 N–H and O–H groups in total. The smallest absolute Gasteiger partial charge is 0.226 e. The summed E-state index contributed by atoms with van der Waals surface area (Å²) in [6.07, 6.45) is 9.01. The summed E-state index contributed by atoms with van der Waals surface area (Å²) in [4.78, 5) is 15.1. The van der Waals surface area contributed by atoms with Gasteiger partial charge in [-0.1, -0.05) is 12.8 Å². The summed E-state index contributed by atoms with van der Waals surface area (Å²) in [7, 11) is 0.